The van der Waals surface area contributed by atoms with Crippen LogP contribution in [-0.4, -0.2) is 30.4 Å². The zero-order valence-electron chi connectivity index (χ0n) is 12.2. The molecule has 0 saturated carbocycles. The lowest BCUT2D eigenvalue weighted by Crippen LogP contribution is -2.38. The molecule has 1 amide bonds. The fourth-order valence-corrected chi connectivity index (χ4v) is 2.31. The van der Waals surface area contributed by atoms with Crippen LogP contribution in [0.15, 0.2) is 60.7 Å². The van der Waals surface area contributed by atoms with E-state index in [0.29, 0.717) is 13.1 Å². The van der Waals surface area contributed by atoms with Gasteiger partial charge in [-0.05, 0) is 24.0 Å². The molecule has 0 fully saturated rings. The summed E-state index contributed by atoms with van der Waals surface area (Å²) in [6.45, 7) is 1.50. The number of carbonyl (C=O) groups is 1. The third kappa shape index (κ3) is 5.04. The van der Waals surface area contributed by atoms with Gasteiger partial charge in [-0.3, -0.25) is 4.79 Å². The molecule has 110 valence electrons. The number of nitrogens with two attached hydrogens (primary N) is 1. The standard InChI is InChI=1S/C18H22N2O/c19-15-18(21)20(13-11-16-7-3-1-4-8-16)14-12-17-9-5-2-6-10-17/h1-10H,11-15,19H2. The Labute approximate surface area is 126 Å². The first-order chi connectivity index (χ1) is 10.3. The van der Waals surface area contributed by atoms with Crippen molar-refractivity contribution in [2.24, 2.45) is 5.73 Å². The van der Waals surface area contributed by atoms with Gasteiger partial charge >= 0.3 is 0 Å². The first kappa shape index (κ1) is 15.3. The van der Waals surface area contributed by atoms with Crippen LogP contribution in [0.4, 0.5) is 0 Å². The van der Waals surface area contributed by atoms with Gasteiger partial charge in [0, 0.05) is 13.1 Å². The number of hydrogen-bond acceptors (Lipinski definition) is 2. The molecule has 0 heterocycles. The maximum Gasteiger partial charge on any atom is 0.236 e. The van der Waals surface area contributed by atoms with Crippen molar-refractivity contribution in [1.29, 1.82) is 0 Å². The minimum absolute atomic E-state index is 0.0156. The van der Waals surface area contributed by atoms with Gasteiger partial charge in [0.2, 0.25) is 5.91 Å². The molecular formula is C18H22N2O. The molecule has 3 nitrogen and oxygen atoms in total. The molecule has 0 bridgehead atoms. The third-order valence-corrected chi connectivity index (χ3v) is 3.55. The Kier molecular flexibility index (Phi) is 5.98. The molecule has 21 heavy (non-hydrogen) atoms. The maximum atomic E-state index is 12.0. The topological polar surface area (TPSA) is 46.3 Å². The second-order valence-electron chi connectivity index (χ2n) is 5.06. The molecule has 0 spiro atoms. The van der Waals surface area contributed by atoms with E-state index in [0.717, 1.165) is 12.8 Å². The Morgan fingerprint density at radius 2 is 1.24 bits per heavy atom. The van der Waals surface area contributed by atoms with Gasteiger partial charge in [-0.25, -0.2) is 0 Å². The minimum atomic E-state index is 0.0156. The number of benzene rings is 2. The highest BCUT2D eigenvalue weighted by molar-refractivity contribution is 5.78. The average molecular weight is 282 g/mol. The van der Waals surface area contributed by atoms with Crippen molar-refractivity contribution in [3.8, 4) is 0 Å². The lowest BCUT2D eigenvalue weighted by atomic mass is 10.1. The number of hydrogen-bond donors (Lipinski definition) is 1. The summed E-state index contributed by atoms with van der Waals surface area (Å²) in [5.41, 5.74) is 8.00. The van der Waals surface area contributed by atoms with Crippen LogP contribution in [0.25, 0.3) is 0 Å². The fourth-order valence-electron chi connectivity index (χ4n) is 2.31. The summed E-state index contributed by atoms with van der Waals surface area (Å²) in [5, 5.41) is 0. The molecule has 2 aromatic carbocycles. The SMILES string of the molecule is NCC(=O)N(CCc1ccccc1)CCc1ccccc1. The first-order valence-electron chi connectivity index (χ1n) is 7.35. The molecule has 0 atom stereocenters. The highest BCUT2D eigenvalue weighted by Crippen LogP contribution is 2.05. The summed E-state index contributed by atoms with van der Waals surface area (Å²) in [7, 11) is 0. The molecule has 0 aliphatic rings. The molecule has 0 saturated heterocycles. The predicted molar refractivity (Wildman–Crippen MR) is 85.9 cm³/mol. The normalized spacial score (nSPS) is 10.3. The minimum Gasteiger partial charge on any atom is -0.341 e. The molecule has 2 rings (SSSR count). The summed E-state index contributed by atoms with van der Waals surface area (Å²) in [6.07, 6.45) is 1.72. The zero-order valence-corrected chi connectivity index (χ0v) is 12.2. The van der Waals surface area contributed by atoms with Crippen molar-refractivity contribution in [1.82, 2.24) is 4.90 Å². The predicted octanol–water partition coefficient (Wildman–Crippen LogP) is 2.26. The van der Waals surface area contributed by atoms with Gasteiger partial charge in [0.15, 0.2) is 0 Å². The van der Waals surface area contributed by atoms with Crippen molar-refractivity contribution < 1.29 is 4.79 Å². The van der Waals surface area contributed by atoms with Crippen molar-refractivity contribution in [3.05, 3.63) is 71.8 Å². The Morgan fingerprint density at radius 3 is 1.62 bits per heavy atom. The highest BCUT2D eigenvalue weighted by atomic mass is 16.2. The number of amides is 1. The van der Waals surface area contributed by atoms with Crippen molar-refractivity contribution in [2.45, 2.75) is 12.8 Å². The average Bonchev–Trinajstić information content (AvgIpc) is 2.56. The van der Waals surface area contributed by atoms with Gasteiger partial charge in [-0.2, -0.15) is 0 Å². The molecule has 0 aromatic heterocycles. The van der Waals surface area contributed by atoms with Gasteiger partial charge in [0.25, 0.3) is 0 Å². The zero-order chi connectivity index (χ0) is 14.9. The molecule has 2 aromatic rings. The van der Waals surface area contributed by atoms with E-state index >= 15 is 0 Å². The van der Waals surface area contributed by atoms with E-state index in [1.807, 2.05) is 41.3 Å². The Hall–Kier alpha value is -2.13. The van der Waals surface area contributed by atoms with E-state index in [1.54, 1.807) is 0 Å². The van der Waals surface area contributed by atoms with Gasteiger partial charge in [0.05, 0.1) is 6.54 Å². The first-order valence-corrected chi connectivity index (χ1v) is 7.35. The summed E-state index contributed by atoms with van der Waals surface area (Å²) < 4.78 is 0. The lowest BCUT2D eigenvalue weighted by molar-refractivity contribution is -0.129. The molecule has 3 heteroatoms. The van der Waals surface area contributed by atoms with E-state index in [-0.39, 0.29) is 12.5 Å². The van der Waals surface area contributed by atoms with Crippen molar-refractivity contribution in [2.75, 3.05) is 19.6 Å². The second kappa shape index (κ2) is 8.22. The number of nitrogens with zero attached hydrogens (tertiary/aromatic N) is 1. The van der Waals surface area contributed by atoms with Gasteiger partial charge in [-0.15, -0.1) is 0 Å². The molecule has 0 unspecified atom stereocenters. The summed E-state index contributed by atoms with van der Waals surface area (Å²) in [6, 6.07) is 20.4. The second-order valence-corrected chi connectivity index (χ2v) is 5.06. The number of carbonyl (C=O) groups excluding carboxylic acids is 1. The largest absolute Gasteiger partial charge is 0.341 e. The van der Waals surface area contributed by atoms with Crippen LogP contribution >= 0.6 is 0 Å². The third-order valence-electron chi connectivity index (χ3n) is 3.55. The van der Waals surface area contributed by atoms with E-state index in [9.17, 15) is 4.79 Å². The monoisotopic (exact) mass is 282 g/mol. The number of rotatable bonds is 7. The molecule has 0 radical (unpaired) electrons. The van der Waals surface area contributed by atoms with Crippen LogP contribution in [0, 0.1) is 0 Å². The van der Waals surface area contributed by atoms with E-state index in [1.165, 1.54) is 11.1 Å². The molecule has 2 N–H and O–H groups in total. The van der Waals surface area contributed by atoms with Crippen LogP contribution in [0.5, 0.6) is 0 Å². The molecular weight excluding hydrogens is 260 g/mol. The van der Waals surface area contributed by atoms with Crippen molar-refractivity contribution in [3.63, 3.8) is 0 Å². The maximum absolute atomic E-state index is 12.0. The summed E-state index contributed by atoms with van der Waals surface area (Å²) in [4.78, 5) is 13.8. The Morgan fingerprint density at radius 1 is 0.810 bits per heavy atom. The Balaban J connectivity index is 1.90. The van der Waals surface area contributed by atoms with E-state index in [4.69, 9.17) is 5.73 Å². The Bertz CT molecular complexity index is 496. The molecule has 0 aliphatic carbocycles. The molecule has 0 aliphatic heterocycles. The highest BCUT2D eigenvalue weighted by Gasteiger charge is 2.11. The smallest absolute Gasteiger partial charge is 0.236 e. The van der Waals surface area contributed by atoms with Gasteiger partial charge in [-0.1, -0.05) is 60.7 Å². The van der Waals surface area contributed by atoms with Crippen LogP contribution in [0.1, 0.15) is 11.1 Å². The summed E-state index contributed by atoms with van der Waals surface area (Å²) >= 11 is 0. The van der Waals surface area contributed by atoms with E-state index in [2.05, 4.69) is 24.3 Å². The quantitative estimate of drug-likeness (QED) is 0.846. The van der Waals surface area contributed by atoms with Crippen molar-refractivity contribution >= 4 is 5.91 Å². The van der Waals surface area contributed by atoms with E-state index < -0.39 is 0 Å². The van der Waals surface area contributed by atoms with Crippen LogP contribution in [0.2, 0.25) is 0 Å². The van der Waals surface area contributed by atoms with Crippen LogP contribution < -0.4 is 5.73 Å². The lowest BCUT2D eigenvalue weighted by Gasteiger charge is -2.22. The fraction of sp³-hybridized carbons (Fsp3) is 0.278. The van der Waals surface area contributed by atoms with Crippen LogP contribution in [0.3, 0.4) is 0 Å². The summed E-state index contributed by atoms with van der Waals surface area (Å²) in [5.74, 6) is 0.0156. The van der Waals surface area contributed by atoms with Gasteiger partial charge < -0.3 is 10.6 Å². The van der Waals surface area contributed by atoms with Gasteiger partial charge in [0.1, 0.15) is 0 Å². The van der Waals surface area contributed by atoms with Crippen LogP contribution in [-0.2, 0) is 17.6 Å².